The molecule has 1 rings (SSSR count). The van der Waals surface area contributed by atoms with Crippen molar-refractivity contribution in [1.29, 1.82) is 0 Å². The Labute approximate surface area is 126 Å². The molecule has 0 unspecified atom stereocenters. The minimum atomic E-state index is -0.829. The Hall–Kier alpha value is -2.04. The maximum atomic E-state index is 12.3. The third-order valence-corrected chi connectivity index (χ3v) is 2.47. The molecular weight excluding hydrogens is 268 g/mol. The fourth-order valence-electron chi connectivity index (χ4n) is 1.72. The average Bonchev–Trinajstić information content (AvgIpc) is 2.34. The van der Waals surface area contributed by atoms with E-state index in [4.69, 9.17) is 4.74 Å². The summed E-state index contributed by atoms with van der Waals surface area (Å²) in [7, 11) is 0. The number of rotatable bonds is 4. The van der Waals surface area contributed by atoms with Crippen LogP contribution in [0.3, 0.4) is 0 Å². The minimum Gasteiger partial charge on any atom is -0.458 e. The van der Waals surface area contributed by atoms with Gasteiger partial charge in [0.2, 0.25) is 0 Å². The van der Waals surface area contributed by atoms with E-state index < -0.39 is 23.6 Å². The summed E-state index contributed by atoms with van der Waals surface area (Å²) >= 11 is 0. The van der Waals surface area contributed by atoms with Gasteiger partial charge in [-0.2, -0.15) is 0 Å². The fourth-order valence-corrected chi connectivity index (χ4v) is 1.72. The van der Waals surface area contributed by atoms with Crippen LogP contribution in [0.25, 0.3) is 0 Å². The first-order chi connectivity index (χ1) is 9.69. The van der Waals surface area contributed by atoms with Crippen LogP contribution in [0.2, 0.25) is 0 Å². The number of esters is 1. The highest BCUT2D eigenvalue weighted by molar-refractivity contribution is 5.85. The summed E-state index contributed by atoms with van der Waals surface area (Å²) in [5.74, 6) is -0.479. The van der Waals surface area contributed by atoms with Gasteiger partial charge in [-0.15, -0.1) is 0 Å². The number of amides is 2. The summed E-state index contributed by atoms with van der Waals surface area (Å²) in [6.45, 7) is 9.08. The maximum Gasteiger partial charge on any atom is 0.333 e. The van der Waals surface area contributed by atoms with Gasteiger partial charge in [0.1, 0.15) is 5.60 Å². The van der Waals surface area contributed by atoms with E-state index in [-0.39, 0.29) is 6.04 Å². The largest absolute Gasteiger partial charge is 0.458 e. The number of carbonyl (C=O) groups is 2. The molecule has 0 aromatic heterocycles. The van der Waals surface area contributed by atoms with Crippen LogP contribution in [0.5, 0.6) is 0 Å². The highest BCUT2D eigenvalue weighted by atomic mass is 16.6. The van der Waals surface area contributed by atoms with Gasteiger partial charge in [0.25, 0.3) is 0 Å². The van der Waals surface area contributed by atoms with E-state index in [9.17, 15) is 9.59 Å². The zero-order valence-electron chi connectivity index (χ0n) is 13.3. The molecule has 1 aromatic rings. The van der Waals surface area contributed by atoms with Crippen molar-refractivity contribution >= 4 is 12.0 Å². The molecule has 2 amide bonds. The van der Waals surface area contributed by atoms with Crippen LogP contribution in [0.1, 0.15) is 46.2 Å². The summed E-state index contributed by atoms with van der Waals surface area (Å²) < 4.78 is 5.38. The lowest BCUT2D eigenvalue weighted by Crippen LogP contribution is -2.45. The molecule has 21 heavy (non-hydrogen) atoms. The number of nitrogens with one attached hydrogen (secondary N) is 2. The van der Waals surface area contributed by atoms with Gasteiger partial charge in [-0.3, -0.25) is 0 Å². The SMILES string of the molecule is CC(C)NC(=O)N[C@@H](C(=O)OC(C)(C)C)c1ccccc1. The summed E-state index contributed by atoms with van der Waals surface area (Å²) in [5, 5.41) is 5.37. The maximum absolute atomic E-state index is 12.3. The number of ether oxygens (including phenoxy) is 1. The van der Waals surface area contributed by atoms with Crippen molar-refractivity contribution in [3.8, 4) is 0 Å². The summed E-state index contributed by atoms with van der Waals surface area (Å²) in [6, 6.07) is 7.80. The molecule has 0 spiro atoms. The minimum absolute atomic E-state index is 0.0138. The number of carbonyl (C=O) groups excluding carboxylic acids is 2. The smallest absolute Gasteiger partial charge is 0.333 e. The van der Waals surface area contributed by atoms with Crippen molar-refractivity contribution < 1.29 is 14.3 Å². The van der Waals surface area contributed by atoms with Crippen LogP contribution >= 0.6 is 0 Å². The Morgan fingerprint density at radius 2 is 1.62 bits per heavy atom. The van der Waals surface area contributed by atoms with Gasteiger partial charge in [0, 0.05) is 6.04 Å². The molecule has 0 aliphatic carbocycles. The van der Waals surface area contributed by atoms with Crippen molar-refractivity contribution in [3.63, 3.8) is 0 Å². The monoisotopic (exact) mass is 292 g/mol. The lowest BCUT2D eigenvalue weighted by atomic mass is 10.1. The van der Waals surface area contributed by atoms with Gasteiger partial charge in [-0.25, -0.2) is 9.59 Å². The molecule has 0 bridgehead atoms. The number of hydrogen-bond acceptors (Lipinski definition) is 3. The molecular formula is C16H24N2O3. The first kappa shape index (κ1) is 17.0. The van der Waals surface area contributed by atoms with Gasteiger partial charge < -0.3 is 15.4 Å². The first-order valence-electron chi connectivity index (χ1n) is 7.04. The predicted octanol–water partition coefficient (Wildman–Crippen LogP) is 2.78. The Balaban J connectivity index is 2.90. The lowest BCUT2D eigenvalue weighted by molar-refractivity contribution is -0.157. The molecule has 0 radical (unpaired) electrons. The first-order valence-corrected chi connectivity index (χ1v) is 7.04. The second kappa shape index (κ2) is 7.11. The number of urea groups is 1. The fraction of sp³-hybridized carbons (Fsp3) is 0.500. The predicted molar refractivity (Wildman–Crippen MR) is 81.8 cm³/mol. The molecule has 0 aliphatic rings. The van der Waals surface area contributed by atoms with E-state index >= 15 is 0 Å². The van der Waals surface area contributed by atoms with Crippen LogP contribution in [0, 0.1) is 0 Å². The summed E-state index contributed by atoms with van der Waals surface area (Å²) in [4.78, 5) is 24.2. The third kappa shape index (κ3) is 6.29. The van der Waals surface area contributed by atoms with Gasteiger partial charge in [-0.1, -0.05) is 30.3 Å². The number of hydrogen-bond donors (Lipinski definition) is 2. The molecule has 0 fully saturated rings. The molecule has 1 aromatic carbocycles. The normalized spacial score (nSPS) is 12.7. The van der Waals surface area contributed by atoms with Crippen LogP contribution < -0.4 is 10.6 Å². The van der Waals surface area contributed by atoms with E-state index in [0.717, 1.165) is 0 Å². The quantitative estimate of drug-likeness (QED) is 0.839. The van der Waals surface area contributed by atoms with Gasteiger partial charge in [-0.05, 0) is 40.2 Å². The van der Waals surface area contributed by atoms with Crippen molar-refractivity contribution in [2.45, 2.75) is 52.3 Å². The average molecular weight is 292 g/mol. The van der Waals surface area contributed by atoms with E-state index in [0.29, 0.717) is 5.56 Å². The third-order valence-electron chi connectivity index (χ3n) is 2.47. The summed E-state index contributed by atoms with van der Waals surface area (Å²) in [5.41, 5.74) is 0.0750. The van der Waals surface area contributed by atoms with Crippen molar-refractivity contribution in [2.75, 3.05) is 0 Å². The van der Waals surface area contributed by atoms with E-state index in [1.165, 1.54) is 0 Å². The van der Waals surface area contributed by atoms with E-state index in [1.54, 1.807) is 32.9 Å². The second-order valence-electron chi connectivity index (χ2n) is 6.15. The Bertz CT molecular complexity index is 478. The van der Waals surface area contributed by atoms with Crippen LogP contribution in [-0.2, 0) is 9.53 Å². The Kier molecular flexibility index (Phi) is 5.76. The molecule has 0 saturated heterocycles. The topological polar surface area (TPSA) is 67.4 Å². The standard InChI is InChI=1S/C16H24N2O3/c1-11(2)17-15(20)18-13(12-9-7-6-8-10-12)14(19)21-16(3,4)5/h6-11,13H,1-5H3,(H2,17,18,20)/t13-/m1/s1. The van der Waals surface area contributed by atoms with Gasteiger partial charge in [0.05, 0.1) is 0 Å². The lowest BCUT2D eigenvalue weighted by Gasteiger charge is -2.25. The molecule has 5 heteroatoms. The highest BCUT2D eigenvalue weighted by Crippen LogP contribution is 2.18. The summed E-state index contributed by atoms with van der Waals surface area (Å²) in [6.07, 6.45) is 0. The van der Waals surface area contributed by atoms with E-state index in [1.807, 2.05) is 32.0 Å². The number of benzene rings is 1. The zero-order valence-corrected chi connectivity index (χ0v) is 13.3. The van der Waals surface area contributed by atoms with Crippen molar-refractivity contribution in [2.24, 2.45) is 0 Å². The highest BCUT2D eigenvalue weighted by Gasteiger charge is 2.28. The molecule has 1 atom stereocenters. The molecule has 2 N–H and O–H groups in total. The Morgan fingerprint density at radius 3 is 2.10 bits per heavy atom. The molecule has 0 saturated carbocycles. The molecule has 0 aliphatic heterocycles. The molecule has 5 nitrogen and oxygen atoms in total. The van der Waals surface area contributed by atoms with E-state index in [2.05, 4.69) is 10.6 Å². The van der Waals surface area contributed by atoms with Crippen molar-refractivity contribution in [1.82, 2.24) is 10.6 Å². The second-order valence-corrected chi connectivity index (χ2v) is 6.15. The van der Waals surface area contributed by atoms with Gasteiger partial charge >= 0.3 is 12.0 Å². The van der Waals surface area contributed by atoms with Crippen molar-refractivity contribution in [3.05, 3.63) is 35.9 Å². The Morgan fingerprint density at radius 1 is 1.05 bits per heavy atom. The molecule has 116 valence electrons. The zero-order chi connectivity index (χ0) is 16.0. The van der Waals surface area contributed by atoms with Crippen LogP contribution in [0.4, 0.5) is 4.79 Å². The van der Waals surface area contributed by atoms with Gasteiger partial charge in [0.15, 0.2) is 6.04 Å². The van der Waals surface area contributed by atoms with Crippen LogP contribution in [0.15, 0.2) is 30.3 Å². The van der Waals surface area contributed by atoms with Crippen LogP contribution in [-0.4, -0.2) is 23.6 Å². The molecule has 0 heterocycles.